The first-order valence-electron chi connectivity index (χ1n) is 12.0. The van der Waals surface area contributed by atoms with Crippen LogP contribution in [0.2, 0.25) is 0 Å². The standard InChI is InChI=1S/C19H29N5O16P2/c1-19(2,30)18(29)39-13-11(26)8(38-17(13)28)4-36-42(33,34)40-41(31,32)35-3-7-10(25)12(27)16(37-7)24-6-23-9-14(20)21-5-22-15(9)24/h5-8,10-13,16-17,25-28,30H,3-4H2,1-2H3,(H,31,32)(H,33,34)(H2,20,21,22)/t7-,8-,10-,11-,12-,13-,16-,17?/m1/s1. The molecule has 0 radical (unpaired) electrons. The smallest absolute Gasteiger partial charge is 0.452 e. The molecule has 42 heavy (non-hydrogen) atoms. The number of hydrogen-bond acceptors (Lipinski definition) is 18. The molecule has 21 nitrogen and oxygen atoms in total. The molecule has 0 spiro atoms. The number of aliphatic hydroxyl groups excluding tert-OH is 4. The van der Waals surface area contributed by atoms with Gasteiger partial charge in [-0.15, -0.1) is 0 Å². The number of esters is 1. The lowest BCUT2D eigenvalue weighted by molar-refractivity contribution is -0.187. The largest absolute Gasteiger partial charge is 0.481 e. The number of aliphatic hydroxyl groups is 5. The molecule has 2 aliphatic heterocycles. The first-order valence-corrected chi connectivity index (χ1v) is 14.9. The Morgan fingerprint density at radius 2 is 1.60 bits per heavy atom. The fraction of sp³-hybridized carbons (Fsp3) is 0.684. The molecule has 0 aliphatic carbocycles. The van der Waals surface area contributed by atoms with Crippen molar-refractivity contribution in [2.45, 2.75) is 68.6 Å². The van der Waals surface area contributed by atoms with E-state index in [0.29, 0.717) is 0 Å². The van der Waals surface area contributed by atoms with Crippen molar-refractivity contribution in [3.05, 3.63) is 12.7 Å². The fourth-order valence-electron chi connectivity index (χ4n) is 3.92. The summed E-state index contributed by atoms with van der Waals surface area (Å²) in [6.45, 7) is 0.254. The van der Waals surface area contributed by atoms with Crippen molar-refractivity contribution in [2.75, 3.05) is 18.9 Å². The van der Waals surface area contributed by atoms with Gasteiger partial charge in [0.15, 0.2) is 35.7 Å². The van der Waals surface area contributed by atoms with Crippen LogP contribution in [-0.2, 0) is 41.5 Å². The van der Waals surface area contributed by atoms with Crippen LogP contribution >= 0.6 is 15.6 Å². The van der Waals surface area contributed by atoms with E-state index < -0.39 is 89.6 Å². The Bertz CT molecular complexity index is 1390. The molecule has 4 rings (SSSR count). The molecule has 3 unspecified atom stereocenters. The Labute approximate surface area is 235 Å². The molecule has 2 aliphatic rings. The second-order valence-electron chi connectivity index (χ2n) is 9.72. The molecule has 0 amide bonds. The lowest BCUT2D eigenvalue weighted by Crippen LogP contribution is -2.43. The van der Waals surface area contributed by atoms with E-state index in [1.54, 1.807) is 0 Å². The number of rotatable bonds is 11. The third kappa shape index (κ3) is 7.12. The second-order valence-corrected chi connectivity index (χ2v) is 12.8. The highest BCUT2D eigenvalue weighted by Crippen LogP contribution is 2.60. The van der Waals surface area contributed by atoms with Gasteiger partial charge in [0.05, 0.1) is 19.5 Å². The molecule has 0 aromatic carbocycles. The van der Waals surface area contributed by atoms with Crippen molar-refractivity contribution in [2.24, 2.45) is 0 Å². The van der Waals surface area contributed by atoms with Gasteiger partial charge in [0.1, 0.15) is 42.4 Å². The normalized spacial score (nSPS) is 33.0. The topological polar surface area (TPSA) is 318 Å². The Morgan fingerprint density at radius 3 is 2.19 bits per heavy atom. The number of fused-ring (bicyclic) bond motifs is 1. The number of phosphoric acid groups is 2. The van der Waals surface area contributed by atoms with Gasteiger partial charge in [0.25, 0.3) is 0 Å². The van der Waals surface area contributed by atoms with Gasteiger partial charge < -0.3 is 55.3 Å². The van der Waals surface area contributed by atoms with Crippen molar-refractivity contribution in [3.63, 3.8) is 0 Å². The van der Waals surface area contributed by atoms with Gasteiger partial charge in [-0.25, -0.2) is 28.9 Å². The van der Waals surface area contributed by atoms with E-state index in [2.05, 4.69) is 28.3 Å². The maximum absolute atomic E-state index is 12.3. The molecule has 9 N–H and O–H groups in total. The molecule has 2 fully saturated rings. The summed E-state index contributed by atoms with van der Waals surface area (Å²) < 4.78 is 54.5. The van der Waals surface area contributed by atoms with Crippen molar-refractivity contribution >= 4 is 38.6 Å². The van der Waals surface area contributed by atoms with Gasteiger partial charge in [-0.1, -0.05) is 0 Å². The van der Waals surface area contributed by atoms with E-state index in [1.807, 2.05) is 0 Å². The van der Waals surface area contributed by atoms with E-state index in [1.165, 1.54) is 10.9 Å². The van der Waals surface area contributed by atoms with Gasteiger partial charge in [-0.2, -0.15) is 4.31 Å². The number of carbonyl (C=O) groups is 1. The predicted octanol–water partition coefficient (Wildman–Crippen LogP) is -2.96. The quantitative estimate of drug-likeness (QED) is 0.0893. The van der Waals surface area contributed by atoms with Gasteiger partial charge >= 0.3 is 21.6 Å². The first-order chi connectivity index (χ1) is 19.4. The maximum Gasteiger partial charge on any atom is 0.481 e. The van der Waals surface area contributed by atoms with Crippen molar-refractivity contribution in [3.8, 4) is 0 Å². The molecular weight excluding hydrogens is 616 g/mol. The Morgan fingerprint density at radius 1 is 1.00 bits per heavy atom. The van der Waals surface area contributed by atoms with Crippen LogP contribution < -0.4 is 5.73 Å². The molecule has 4 heterocycles. The zero-order valence-electron chi connectivity index (χ0n) is 21.8. The molecule has 2 saturated heterocycles. The minimum absolute atomic E-state index is 0.0415. The van der Waals surface area contributed by atoms with Crippen molar-refractivity contribution < 1.29 is 76.8 Å². The Kier molecular flexibility index (Phi) is 9.39. The van der Waals surface area contributed by atoms with E-state index in [9.17, 15) is 49.2 Å². The minimum atomic E-state index is -5.41. The number of nitrogens with two attached hydrogens (primary N) is 1. The van der Waals surface area contributed by atoms with Gasteiger partial charge in [0.2, 0.25) is 0 Å². The molecule has 0 bridgehead atoms. The number of ether oxygens (including phenoxy) is 3. The van der Waals surface area contributed by atoms with E-state index in [0.717, 1.165) is 20.2 Å². The summed E-state index contributed by atoms with van der Waals surface area (Å²) in [4.78, 5) is 43.4. The number of nitrogen functional groups attached to an aromatic ring is 1. The predicted molar refractivity (Wildman–Crippen MR) is 131 cm³/mol. The highest BCUT2D eigenvalue weighted by Gasteiger charge is 2.49. The average Bonchev–Trinajstić information content (AvgIpc) is 3.51. The molecule has 0 saturated carbocycles. The van der Waals surface area contributed by atoms with Crippen LogP contribution in [0.15, 0.2) is 12.7 Å². The summed E-state index contributed by atoms with van der Waals surface area (Å²) in [6, 6.07) is 0. The Hall–Kier alpha value is -2.20. The summed E-state index contributed by atoms with van der Waals surface area (Å²) in [6.07, 6.45) is -10.7. The second kappa shape index (κ2) is 12.1. The van der Waals surface area contributed by atoms with E-state index in [-0.39, 0.29) is 17.0 Å². The molecular formula is C19H29N5O16P2. The first kappa shape index (κ1) is 32.7. The third-order valence-corrected chi connectivity index (χ3v) is 8.67. The van der Waals surface area contributed by atoms with Crippen LogP contribution in [-0.4, -0.2) is 123 Å². The highest BCUT2D eigenvalue weighted by atomic mass is 31.3. The SMILES string of the molecule is CC(C)(O)C(=O)O[C@H]1C(O)O[C@H](COP(=O)(O)OP(=O)(O)OC[C@H]2O[C@@H](n3cnc4c(N)ncnc43)[C@H](O)[C@@H]2O)[C@H]1O. The molecule has 2 aromatic rings. The highest BCUT2D eigenvalue weighted by molar-refractivity contribution is 7.61. The molecule has 23 heteroatoms. The summed E-state index contributed by atoms with van der Waals surface area (Å²) in [5.74, 6) is -1.17. The van der Waals surface area contributed by atoms with Crippen LogP contribution in [0.3, 0.4) is 0 Å². The molecule has 10 atom stereocenters. The lowest BCUT2D eigenvalue weighted by Gasteiger charge is -2.23. The zero-order chi connectivity index (χ0) is 31.2. The van der Waals surface area contributed by atoms with Crippen LogP contribution in [0.5, 0.6) is 0 Å². The van der Waals surface area contributed by atoms with Crippen molar-refractivity contribution in [1.29, 1.82) is 0 Å². The summed E-state index contributed by atoms with van der Waals surface area (Å²) in [5, 5.41) is 50.6. The number of hydrogen-bond donors (Lipinski definition) is 8. The fourth-order valence-corrected chi connectivity index (χ4v) is 6.01. The lowest BCUT2D eigenvalue weighted by atomic mass is 10.1. The van der Waals surface area contributed by atoms with E-state index in [4.69, 9.17) is 19.9 Å². The number of phosphoric ester groups is 2. The number of nitrogens with zero attached hydrogens (tertiary/aromatic N) is 4. The molecule has 236 valence electrons. The van der Waals surface area contributed by atoms with Gasteiger partial charge in [-0.05, 0) is 13.8 Å². The van der Waals surface area contributed by atoms with Gasteiger partial charge in [-0.3, -0.25) is 13.6 Å². The number of carbonyl (C=O) groups excluding carboxylic acids is 1. The van der Waals surface area contributed by atoms with Crippen LogP contribution in [0, 0.1) is 0 Å². The number of anilines is 1. The summed E-state index contributed by atoms with van der Waals surface area (Å²) in [7, 11) is -10.8. The van der Waals surface area contributed by atoms with Gasteiger partial charge in [0, 0.05) is 0 Å². The number of aromatic nitrogens is 4. The van der Waals surface area contributed by atoms with Crippen LogP contribution in [0.1, 0.15) is 20.1 Å². The Balaban J connectivity index is 1.30. The molecule has 2 aromatic heterocycles. The summed E-state index contributed by atoms with van der Waals surface area (Å²) >= 11 is 0. The van der Waals surface area contributed by atoms with E-state index >= 15 is 0 Å². The monoisotopic (exact) mass is 645 g/mol. The summed E-state index contributed by atoms with van der Waals surface area (Å²) in [5.41, 5.74) is 4.10. The third-order valence-electron chi connectivity index (χ3n) is 6.06. The minimum Gasteiger partial charge on any atom is -0.452 e. The van der Waals surface area contributed by atoms with Crippen LogP contribution in [0.4, 0.5) is 5.82 Å². The maximum atomic E-state index is 12.3. The van der Waals surface area contributed by atoms with Crippen molar-refractivity contribution in [1.82, 2.24) is 19.5 Å². The van der Waals surface area contributed by atoms with Crippen LogP contribution in [0.25, 0.3) is 11.2 Å². The average molecular weight is 645 g/mol. The zero-order valence-corrected chi connectivity index (χ0v) is 23.5. The number of imidazole rings is 1.